The number of hydrogen-bond donors (Lipinski definition) is 2. The zero-order valence-electron chi connectivity index (χ0n) is 10.6. The number of carbonyl (C=O) groups excluding carboxylic acids is 1. The maximum absolute atomic E-state index is 13.7. The quantitative estimate of drug-likeness (QED) is 0.681. The third-order valence-corrected chi connectivity index (χ3v) is 3.89. The van der Waals surface area contributed by atoms with Crippen LogP contribution in [0.5, 0.6) is 0 Å². The number of nitrogens with one attached hydrogen (secondary N) is 2. The number of benzene rings is 1. The summed E-state index contributed by atoms with van der Waals surface area (Å²) in [5.74, 6) is 4.90. The van der Waals surface area contributed by atoms with E-state index in [-0.39, 0.29) is 17.2 Å². The molecule has 0 bridgehead atoms. The molecule has 0 aromatic heterocycles. The van der Waals surface area contributed by atoms with Gasteiger partial charge in [0, 0.05) is 16.0 Å². The van der Waals surface area contributed by atoms with Gasteiger partial charge in [-0.1, -0.05) is 33.8 Å². The molecule has 2 amide bonds. The van der Waals surface area contributed by atoms with E-state index in [9.17, 15) is 18.0 Å². The molecule has 1 aromatic rings. The van der Waals surface area contributed by atoms with Gasteiger partial charge in [0.15, 0.2) is 0 Å². The van der Waals surface area contributed by atoms with Crippen molar-refractivity contribution in [3.63, 3.8) is 0 Å². The second kappa shape index (κ2) is 4.67. The zero-order valence-corrected chi connectivity index (χ0v) is 12.2. The van der Waals surface area contributed by atoms with Crippen molar-refractivity contribution in [3.8, 4) is 11.8 Å². The second-order valence-electron chi connectivity index (χ2n) is 5.06. The van der Waals surface area contributed by atoms with Gasteiger partial charge >= 0.3 is 12.2 Å². The molecular weight excluding hydrogens is 349 g/mol. The highest BCUT2D eigenvalue weighted by molar-refractivity contribution is 9.10. The number of halogens is 4. The molecule has 2 aliphatic rings. The Morgan fingerprint density at radius 2 is 2.05 bits per heavy atom. The predicted molar refractivity (Wildman–Crippen MR) is 74.5 cm³/mol. The molecule has 0 spiro atoms. The molecule has 0 unspecified atom stereocenters. The number of rotatable bonds is 0. The highest BCUT2D eigenvalue weighted by Gasteiger charge is 2.59. The van der Waals surface area contributed by atoms with Gasteiger partial charge < -0.3 is 10.6 Å². The SMILES string of the molecule is O=C1Nc2cc(Br)ccc2[C@@](C#CC2CC2)(C(F)(F)F)N1. The first kappa shape index (κ1) is 14.3. The van der Waals surface area contributed by atoms with Crippen LogP contribution in [0.1, 0.15) is 18.4 Å². The maximum Gasteiger partial charge on any atom is 0.427 e. The standard InChI is InChI=1S/C14H10BrF3N2O/c15-9-3-4-10-11(7-9)19-12(21)20-13(10,14(16,17)18)6-5-8-1-2-8/h3-4,7-8H,1-2H2,(H2,19,20,21)/t13-/m0/s1. The monoisotopic (exact) mass is 358 g/mol. The van der Waals surface area contributed by atoms with E-state index in [1.807, 2.05) is 5.32 Å². The molecule has 0 saturated heterocycles. The van der Waals surface area contributed by atoms with Gasteiger partial charge in [-0.15, -0.1) is 0 Å². The molecule has 1 aliphatic carbocycles. The summed E-state index contributed by atoms with van der Waals surface area (Å²) >= 11 is 3.18. The third kappa shape index (κ3) is 2.48. The van der Waals surface area contributed by atoms with Gasteiger partial charge in [0.2, 0.25) is 5.54 Å². The van der Waals surface area contributed by atoms with Gasteiger partial charge in [-0.3, -0.25) is 0 Å². The molecule has 2 N–H and O–H groups in total. The van der Waals surface area contributed by atoms with Crippen molar-refractivity contribution < 1.29 is 18.0 Å². The first-order chi connectivity index (χ1) is 9.82. The minimum absolute atomic E-state index is 0.00471. The Kier molecular flexibility index (Phi) is 3.17. The Morgan fingerprint density at radius 1 is 1.33 bits per heavy atom. The summed E-state index contributed by atoms with van der Waals surface area (Å²) in [5, 5.41) is 4.35. The van der Waals surface area contributed by atoms with Crippen molar-refractivity contribution in [3.05, 3.63) is 28.2 Å². The summed E-state index contributed by atoms with van der Waals surface area (Å²) in [7, 11) is 0. The molecule has 7 heteroatoms. The first-order valence-corrected chi connectivity index (χ1v) is 7.10. The van der Waals surface area contributed by atoms with Crippen molar-refractivity contribution in [1.29, 1.82) is 0 Å². The minimum atomic E-state index is -4.71. The number of amides is 2. The summed E-state index contributed by atoms with van der Waals surface area (Å²) in [4.78, 5) is 11.7. The highest BCUT2D eigenvalue weighted by Crippen LogP contribution is 2.44. The lowest BCUT2D eigenvalue weighted by Gasteiger charge is -2.37. The lowest BCUT2D eigenvalue weighted by atomic mass is 9.86. The largest absolute Gasteiger partial charge is 0.427 e. The van der Waals surface area contributed by atoms with Crippen LogP contribution in [0.4, 0.5) is 23.7 Å². The summed E-state index contributed by atoms with van der Waals surface area (Å²) < 4.78 is 41.6. The average Bonchev–Trinajstić information content (AvgIpc) is 3.17. The van der Waals surface area contributed by atoms with Crippen LogP contribution in [-0.2, 0) is 5.54 Å². The van der Waals surface area contributed by atoms with Gasteiger partial charge in [-0.2, -0.15) is 13.2 Å². The minimum Gasteiger partial charge on any atom is -0.310 e. The zero-order chi connectivity index (χ0) is 15.3. The van der Waals surface area contributed by atoms with Crippen LogP contribution in [0.2, 0.25) is 0 Å². The van der Waals surface area contributed by atoms with Crippen molar-refractivity contribution in [2.24, 2.45) is 5.92 Å². The fourth-order valence-corrected chi connectivity index (χ4v) is 2.53. The normalized spacial score (nSPS) is 24.3. The Bertz CT molecular complexity index is 673. The van der Waals surface area contributed by atoms with Crippen molar-refractivity contribution in [1.82, 2.24) is 5.32 Å². The predicted octanol–water partition coefficient (Wildman–Crippen LogP) is 3.76. The van der Waals surface area contributed by atoms with Crippen LogP contribution in [0.15, 0.2) is 22.7 Å². The molecule has 3 rings (SSSR count). The van der Waals surface area contributed by atoms with Crippen LogP contribution < -0.4 is 10.6 Å². The fourth-order valence-electron chi connectivity index (χ4n) is 2.17. The van der Waals surface area contributed by atoms with Crippen LogP contribution in [0, 0.1) is 17.8 Å². The van der Waals surface area contributed by atoms with Crippen molar-refractivity contribution in [2.75, 3.05) is 5.32 Å². The van der Waals surface area contributed by atoms with E-state index in [2.05, 4.69) is 33.1 Å². The van der Waals surface area contributed by atoms with Crippen LogP contribution in [0.25, 0.3) is 0 Å². The maximum atomic E-state index is 13.7. The summed E-state index contributed by atoms with van der Waals surface area (Å²) in [6.45, 7) is 0. The molecule has 3 nitrogen and oxygen atoms in total. The highest BCUT2D eigenvalue weighted by atomic mass is 79.9. The molecule has 1 heterocycles. The molecular formula is C14H10BrF3N2O. The Morgan fingerprint density at radius 3 is 2.67 bits per heavy atom. The number of fused-ring (bicyclic) bond motifs is 1. The van der Waals surface area contributed by atoms with Crippen molar-refractivity contribution >= 4 is 27.6 Å². The molecule has 1 atom stereocenters. The van der Waals surface area contributed by atoms with Crippen LogP contribution >= 0.6 is 15.9 Å². The molecule has 21 heavy (non-hydrogen) atoms. The van der Waals surface area contributed by atoms with Gasteiger partial charge in [0.1, 0.15) is 0 Å². The van der Waals surface area contributed by atoms with E-state index in [0.717, 1.165) is 12.8 Å². The average molecular weight is 359 g/mol. The molecule has 110 valence electrons. The number of hydrogen-bond acceptors (Lipinski definition) is 1. The number of carbonyl (C=O) groups is 1. The number of urea groups is 1. The Balaban J connectivity index is 2.20. The summed E-state index contributed by atoms with van der Waals surface area (Å²) in [6.07, 6.45) is -3.10. The molecule has 1 saturated carbocycles. The third-order valence-electron chi connectivity index (χ3n) is 3.40. The lowest BCUT2D eigenvalue weighted by molar-refractivity contribution is -0.178. The smallest absolute Gasteiger partial charge is 0.310 e. The van der Waals surface area contributed by atoms with E-state index < -0.39 is 17.7 Å². The molecule has 1 aromatic carbocycles. The topological polar surface area (TPSA) is 41.1 Å². The van der Waals surface area contributed by atoms with Crippen LogP contribution in [-0.4, -0.2) is 12.2 Å². The van der Waals surface area contributed by atoms with E-state index >= 15 is 0 Å². The Hall–Kier alpha value is -1.68. The summed E-state index contributed by atoms with van der Waals surface area (Å²) in [5.41, 5.74) is -2.64. The van der Waals surface area contributed by atoms with E-state index in [1.165, 1.54) is 18.2 Å². The Labute approximate surface area is 127 Å². The second-order valence-corrected chi connectivity index (χ2v) is 5.98. The van der Waals surface area contributed by atoms with Crippen LogP contribution in [0.3, 0.4) is 0 Å². The van der Waals surface area contributed by atoms with E-state index in [1.54, 1.807) is 0 Å². The van der Waals surface area contributed by atoms with E-state index in [4.69, 9.17) is 0 Å². The van der Waals surface area contributed by atoms with Gasteiger partial charge in [0.25, 0.3) is 0 Å². The fraction of sp³-hybridized carbons (Fsp3) is 0.357. The van der Waals surface area contributed by atoms with Gasteiger partial charge in [-0.25, -0.2) is 4.79 Å². The molecule has 1 aliphatic heterocycles. The molecule has 1 fully saturated rings. The first-order valence-electron chi connectivity index (χ1n) is 6.30. The number of anilines is 1. The summed E-state index contributed by atoms with van der Waals surface area (Å²) in [6, 6.07) is 3.34. The van der Waals surface area contributed by atoms with Crippen molar-refractivity contribution in [2.45, 2.75) is 24.6 Å². The lowest BCUT2D eigenvalue weighted by Crippen LogP contribution is -2.59. The molecule has 0 radical (unpaired) electrons. The number of alkyl halides is 3. The van der Waals surface area contributed by atoms with E-state index in [0.29, 0.717) is 4.47 Å². The van der Waals surface area contributed by atoms with Gasteiger partial charge in [-0.05, 0) is 25.0 Å². The van der Waals surface area contributed by atoms with Gasteiger partial charge in [0.05, 0.1) is 5.69 Å².